The molecule has 1 saturated carbocycles. The molecule has 0 unspecified atom stereocenters. The molecule has 5 rings (SSSR count). The van der Waals surface area contributed by atoms with Gasteiger partial charge in [0.1, 0.15) is 0 Å². The van der Waals surface area contributed by atoms with Gasteiger partial charge in [-0.2, -0.15) is 0 Å². The fourth-order valence-electron chi connectivity index (χ4n) is 5.34. The molecule has 3 heteroatoms. The lowest BCUT2D eigenvalue weighted by Gasteiger charge is -2.33. The second-order valence-corrected chi connectivity index (χ2v) is 6.33. The van der Waals surface area contributed by atoms with Crippen molar-refractivity contribution in [3.05, 3.63) is 47.5 Å². The lowest BCUT2D eigenvalue weighted by molar-refractivity contribution is -0.240. The van der Waals surface area contributed by atoms with Crippen LogP contribution in [0.5, 0.6) is 0 Å². The Kier molecular flexibility index (Phi) is 2.03. The Hall–Kier alpha value is -1.16. The highest BCUT2D eigenvalue weighted by atomic mass is 16.7. The number of fused-ring (bicyclic) bond motifs is 12. The predicted molar refractivity (Wildman–Crippen MR) is 72.9 cm³/mol. The molecule has 2 heterocycles. The van der Waals surface area contributed by atoms with Crippen LogP contribution in [0.25, 0.3) is 0 Å². The number of hydrogen-bond acceptors (Lipinski definition) is 3. The maximum absolute atomic E-state index is 6.32. The molecule has 4 bridgehead atoms. The van der Waals surface area contributed by atoms with E-state index in [0.29, 0.717) is 23.7 Å². The van der Waals surface area contributed by atoms with Gasteiger partial charge in [-0.15, -0.1) is 0 Å². The van der Waals surface area contributed by atoms with Crippen molar-refractivity contribution in [2.45, 2.75) is 18.0 Å². The highest BCUT2D eigenvalue weighted by Crippen LogP contribution is 2.71. The molecular weight excluding hydrogens is 252 g/mol. The van der Waals surface area contributed by atoms with E-state index in [2.05, 4.69) is 36.4 Å². The summed E-state index contributed by atoms with van der Waals surface area (Å²) < 4.78 is 18.0. The molecule has 2 fully saturated rings. The first-order valence-electron chi connectivity index (χ1n) is 7.34. The summed E-state index contributed by atoms with van der Waals surface area (Å²) >= 11 is 0. The molecule has 2 aliphatic carbocycles. The second kappa shape index (κ2) is 3.53. The van der Waals surface area contributed by atoms with E-state index in [1.807, 2.05) is 0 Å². The lowest BCUT2D eigenvalue weighted by atomic mass is 9.71. The summed E-state index contributed by atoms with van der Waals surface area (Å²) in [6.45, 7) is 0. The fraction of sp³-hybridized carbons (Fsp3) is 0.529. The highest BCUT2D eigenvalue weighted by Gasteiger charge is 2.71. The Balaban J connectivity index is 1.66. The van der Waals surface area contributed by atoms with Crippen LogP contribution in [0.2, 0.25) is 0 Å². The summed E-state index contributed by atoms with van der Waals surface area (Å²) in [6.07, 6.45) is 4.99. The first-order valence-corrected chi connectivity index (χ1v) is 7.34. The fourth-order valence-corrected chi connectivity index (χ4v) is 5.34. The van der Waals surface area contributed by atoms with Crippen molar-refractivity contribution < 1.29 is 14.2 Å². The quantitative estimate of drug-likeness (QED) is 0.611. The molecule has 104 valence electrons. The average Bonchev–Trinajstić information content (AvgIpc) is 3.22. The topological polar surface area (TPSA) is 27.7 Å². The number of hydrogen-bond donors (Lipinski definition) is 0. The minimum absolute atomic E-state index is 0.214. The van der Waals surface area contributed by atoms with Gasteiger partial charge in [0.05, 0.1) is 12.2 Å². The lowest BCUT2D eigenvalue weighted by Crippen LogP contribution is -2.41. The molecule has 20 heavy (non-hydrogen) atoms. The molecule has 3 nitrogen and oxygen atoms in total. The van der Waals surface area contributed by atoms with E-state index in [9.17, 15) is 0 Å². The van der Waals surface area contributed by atoms with E-state index >= 15 is 0 Å². The first-order chi connectivity index (χ1) is 9.81. The zero-order chi connectivity index (χ0) is 13.5. The molecule has 4 aliphatic rings. The van der Waals surface area contributed by atoms with E-state index in [-0.39, 0.29) is 12.2 Å². The van der Waals surface area contributed by atoms with Gasteiger partial charge >= 0.3 is 0 Å². The SMILES string of the molecule is COC1(OC)[C@H]2C=C[C@H]1[C@H]1[C@@H]2[C@H]2O[C@H]1c1ccccc12. The number of ether oxygens (including phenoxy) is 3. The van der Waals surface area contributed by atoms with Crippen LogP contribution in [0, 0.1) is 23.7 Å². The second-order valence-electron chi connectivity index (χ2n) is 6.33. The first kappa shape index (κ1) is 11.5. The van der Waals surface area contributed by atoms with E-state index in [4.69, 9.17) is 14.2 Å². The molecule has 0 aromatic heterocycles. The molecule has 0 amide bonds. The molecule has 6 atom stereocenters. The van der Waals surface area contributed by atoms with Crippen LogP contribution in [-0.4, -0.2) is 20.0 Å². The van der Waals surface area contributed by atoms with Gasteiger partial charge < -0.3 is 14.2 Å². The molecule has 2 aliphatic heterocycles. The smallest absolute Gasteiger partial charge is 0.180 e. The van der Waals surface area contributed by atoms with Gasteiger partial charge in [-0.25, -0.2) is 0 Å². The van der Waals surface area contributed by atoms with Crippen LogP contribution in [0.4, 0.5) is 0 Å². The van der Waals surface area contributed by atoms with Gasteiger partial charge in [0.2, 0.25) is 0 Å². The molecule has 0 radical (unpaired) electrons. The molecule has 0 N–H and O–H groups in total. The summed E-state index contributed by atoms with van der Waals surface area (Å²) in [5, 5.41) is 0. The van der Waals surface area contributed by atoms with Crippen LogP contribution >= 0.6 is 0 Å². The van der Waals surface area contributed by atoms with Gasteiger partial charge in [-0.1, -0.05) is 36.4 Å². The van der Waals surface area contributed by atoms with Crippen molar-refractivity contribution >= 4 is 0 Å². The third-order valence-electron chi connectivity index (χ3n) is 5.97. The maximum Gasteiger partial charge on any atom is 0.180 e. The van der Waals surface area contributed by atoms with E-state index in [0.717, 1.165) is 0 Å². The summed E-state index contributed by atoms with van der Waals surface area (Å²) in [5.74, 6) is 1.11. The summed E-state index contributed by atoms with van der Waals surface area (Å²) in [7, 11) is 3.54. The largest absolute Gasteiger partial charge is 0.365 e. The minimum atomic E-state index is -0.475. The van der Waals surface area contributed by atoms with Gasteiger partial charge in [-0.3, -0.25) is 0 Å². The molecule has 0 spiro atoms. The van der Waals surface area contributed by atoms with Gasteiger partial charge in [-0.05, 0) is 11.1 Å². The Labute approximate surface area is 118 Å². The monoisotopic (exact) mass is 270 g/mol. The van der Waals surface area contributed by atoms with Crippen molar-refractivity contribution in [3.8, 4) is 0 Å². The van der Waals surface area contributed by atoms with Gasteiger partial charge in [0.25, 0.3) is 0 Å². The molecule has 1 saturated heterocycles. The normalized spacial score (nSPS) is 44.9. The zero-order valence-electron chi connectivity index (χ0n) is 11.7. The van der Waals surface area contributed by atoms with Gasteiger partial charge in [0, 0.05) is 37.9 Å². The van der Waals surface area contributed by atoms with Crippen LogP contribution in [-0.2, 0) is 14.2 Å². The number of rotatable bonds is 2. The van der Waals surface area contributed by atoms with Crippen LogP contribution in [0.15, 0.2) is 36.4 Å². The Morgan fingerprint density at radius 1 is 0.900 bits per heavy atom. The standard InChI is InChI=1S/C17H18O3/c1-18-17(19-2)11-7-8-12(17)14-13(11)15-9-5-3-4-6-10(9)16(14)20-15/h3-8,11-16H,1-2H3/t11-,12-,13-,14+,15-,16-/m0/s1. The Morgan fingerprint density at radius 2 is 1.40 bits per heavy atom. The van der Waals surface area contributed by atoms with E-state index in [1.54, 1.807) is 14.2 Å². The van der Waals surface area contributed by atoms with E-state index < -0.39 is 5.79 Å². The van der Waals surface area contributed by atoms with Crippen LogP contribution in [0.1, 0.15) is 23.3 Å². The number of methoxy groups -OCH3 is 2. The third kappa shape index (κ3) is 1.01. The Morgan fingerprint density at radius 3 is 1.85 bits per heavy atom. The summed E-state index contributed by atoms with van der Waals surface area (Å²) in [4.78, 5) is 0. The molecular formula is C17H18O3. The molecule has 1 aromatic rings. The average molecular weight is 270 g/mol. The molecule has 1 aromatic carbocycles. The highest BCUT2D eigenvalue weighted by molar-refractivity contribution is 5.43. The van der Waals surface area contributed by atoms with Crippen molar-refractivity contribution in [2.24, 2.45) is 23.7 Å². The summed E-state index contributed by atoms with van der Waals surface area (Å²) in [5.41, 5.74) is 2.75. The minimum Gasteiger partial charge on any atom is -0.365 e. The summed E-state index contributed by atoms with van der Waals surface area (Å²) in [6, 6.07) is 8.65. The van der Waals surface area contributed by atoms with Crippen molar-refractivity contribution in [1.82, 2.24) is 0 Å². The van der Waals surface area contributed by atoms with Crippen LogP contribution in [0.3, 0.4) is 0 Å². The van der Waals surface area contributed by atoms with E-state index in [1.165, 1.54) is 11.1 Å². The predicted octanol–water partition coefficient (Wildman–Crippen LogP) is 2.85. The zero-order valence-corrected chi connectivity index (χ0v) is 11.7. The van der Waals surface area contributed by atoms with Crippen molar-refractivity contribution in [2.75, 3.05) is 14.2 Å². The van der Waals surface area contributed by atoms with Crippen molar-refractivity contribution in [1.29, 1.82) is 0 Å². The maximum atomic E-state index is 6.32. The van der Waals surface area contributed by atoms with Crippen LogP contribution < -0.4 is 0 Å². The van der Waals surface area contributed by atoms with Crippen molar-refractivity contribution in [3.63, 3.8) is 0 Å². The third-order valence-corrected chi connectivity index (χ3v) is 5.97. The Bertz CT molecular complexity index is 557. The van der Waals surface area contributed by atoms with Gasteiger partial charge in [0.15, 0.2) is 5.79 Å². The number of benzene rings is 1.